The topological polar surface area (TPSA) is 122 Å². The van der Waals surface area contributed by atoms with Gasteiger partial charge in [0.2, 0.25) is 11.8 Å². The van der Waals surface area contributed by atoms with E-state index in [1.54, 1.807) is 26.8 Å². The molecular formula is C23H25N3O6. The molecule has 1 atom stereocenters. The van der Waals surface area contributed by atoms with Crippen molar-refractivity contribution in [3.8, 4) is 11.8 Å². The molecule has 9 heteroatoms. The van der Waals surface area contributed by atoms with Gasteiger partial charge in [0.25, 0.3) is 11.8 Å². The molecule has 3 rings (SSSR count). The van der Waals surface area contributed by atoms with Gasteiger partial charge in [0.1, 0.15) is 11.6 Å². The second kappa shape index (κ2) is 9.22. The maximum absolute atomic E-state index is 12.8. The number of carbonyl (C=O) groups excluding carboxylic acids is 5. The van der Waals surface area contributed by atoms with Crippen molar-refractivity contribution in [2.45, 2.75) is 58.1 Å². The van der Waals surface area contributed by atoms with Crippen LogP contribution in [0.1, 0.15) is 72.7 Å². The molecule has 1 aromatic rings. The van der Waals surface area contributed by atoms with Gasteiger partial charge < -0.3 is 10.1 Å². The summed E-state index contributed by atoms with van der Waals surface area (Å²) >= 11 is 0. The number of hydrogen-bond donors (Lipinski definition) is 2. The zero-order chi connectivity index (χ0) is 23.5. The highest BCUT2D eigenvalue weighted by Gasteiger charge is 2.44. The fourth-order valence-electron chi connectivity index (χ4n) is 3.39. The largest absolute Gasteiger partial charge is 0.444 e. The summed E-state index contributed by atoms with van der Waals surface area (Å²) in [6, 6.07) is 3.71. The highest BCUT2D eigenvalue weighted by Crippen LogP contribution is 2.28. The van der Waals surface area contributed by atoms with E-state index in [0.717, 1.165) is 4.90 Å². The molecule has 9 nitrogen and oxygen atoms in total. The Kier molecular flexibility index (Phi) is 6.63. The SMILES string of the molecule is CC(C)(C)OC(=O)NCCCC#Cc1ccc2c(c1)C(=O)N(C1CCC(=O)NC1=O)C2=O. The highest BCUT2D eigenvalue weighted by molar-refractivity contribution is 6.23. The van der Waals surface area contributed by atoms with Crippen LogP contribution in [0.3, 0.4) is 0 Å². The molecule has 1 fully saturated rings. The lowest BCUT2D eigenvalue weighted by atomic mass is 10.0. The van der Waals surface area contributed by atoms with Crippen LogP contribution in [0.25, 0.3) is 0 Å². The van der Waals surface area contributed by atoms with Crippen LogP contribution in [0.15, 0.2) is 18.2 Å². The minimum atomic E-state index is -0.993. The van der Waals surface area contributed by atoms with Crippen LogP contribution in [0.4, 0.5) is 4.79 Å². The average Bonchev–Trinajstić information content (AvgIpc) is 2.94. The molecule has 2 N–H and O–H groups in total. The number of unbranched alkanes of at least 4 members (excludes halogenated alkanes) is 1. The number of carbonyl (C=O) groups is 5. The molecule has 168 valence electrons. The number of imide groups is 2. The molecule has 2 aliphatic rings. The molecular weight excluding hydrogens is 414 g/mol. The monoisotopic (exact) mass is 439 g/mol. The van der Waals surface area contributed by atoms with Crippen LogP contribution in [-0.2, 0) is 14.3 Å². The summed E-state index contributed by atoms with van der Waals surface area (Å²) in [4.78, 5) is 61.4. The first kappa shape index (κ1) is 23.0. The van der Waals surface area contributed by atoms with Crippen LogP contribution in [0.2, 0.25) is 0 Å². The van der Waals surface area contributed by atoms with E-state index >= 15 is 0 Å². The van der Waals surface area contributed by atoms with Crippen molar-refractivity contribution in [2.24, 2.45) is 0 Å². The van der Waals surface area contributed by atoms with E-state index in [4.69, 9.17) is 4.74 Å². The zero-order valence-electron chi connectivity index (χ0n) is 18.2. The number of amides is 5. The summed E-state index contributed by atoms with van der Waals surface area (Å²) in [6.45, 7) is 5.78. The molecule has 0 aliphatic carbocycles. The summed E-state index contributed by atoms with van der Waals surface area (Å²) in [5.41, 5.74) is 0.421. The van der Waals surface area contributed by atoms with Crippen molar-refractivity contribution in [1.29, 1.82) is 0 Å². The molecule has 1 aromatic carbocycles. The Morgan fingerprint density at radius 1 is 1.19 bits per heavy atom. The smallest absolute Gasteiger partial charge is 0.407 e. The lowest BCUT2D eigenvalue weighted by Crippen LogP contribution is -2.54. The standard InChI is InChI=1S/C23H25N3O6/c1-23(2,3)32-22(31)24-12-6-4-5-7-14-8-9-15-16(13-14)21(30)26(20(15)29)17-10-11-18(27)25-19(17)28/h8-9,13,17H,4,6,10-12H2,1-3H3,(H,24,31)(H,25,27,28). The number of fused-ring (bicyclic) bond motifs is 1. The van der Waals surface area contributed by atoms with Gasteiger partial charge in [-0.2, -0.15) is 0 Å². The number of alkyl carbamates (subject to hydrolysis) is 1. The van der Waals surface area contributed by atoms with E-state index in [1.165, 1.54) is 12.1 Å². The maximum atomic E-state index is 12.8. The van der Waals surface area contributed by atoms with Gasteiger partial charge in [-0.15, -0.1) is 0 Å². The number of piperidine rings is 1. The zero-order valence-corrected chi connectivity index (χ0v) is 18.2. The fourth-order valence-corrected chi connectivity index (χ4v) is 3.39. The van der Waals surface area contributed by atoms with Gasteiger partial charge in [-0.3, -0.25) is 29.4 Å². The molecule has 2 aliphatic heterocycles. The van der Waals surface area contributed by atoms with Gasteiger partial charge in [0.15, 0.2) is 0 Å². The third kappa shape index (κ3) is 5.32. The lowest BCUT2D eigenvalue weighted by Gasteiger charge is -2.27. The molecule has 0 aromatic heterocycles. The first-order valence-corrected chi connectivity index (χ1v) is 10.4. The van der Waals surface area contributed by atoms with Gasteiger partial charge in [-0.25, -0.2) is 4.79 Å². The van der Waals surface area contributed by atoms with E-state index in [1.807, 2.05) is 0 Å². The third-order valence-corrected chi connectivity index (χ3v) is 4.82. The number of ether oxygens (including phenoxy) is 1. The first-order valence-electron chi connectivity index (χ1n) is 10.4. The average molecular weight is 439 g/mol. The molecule has 0 saturated carbocycles. The van der Waals surface area contributed by atoms with E-state index < -0.39 is 41.4 Å². The molecule has 32 heavy (non-hydrogen) atoms. The number of nitrogens with zero attached hydrogens (tertiary/aromatic N) is 1. The van der Waals surface area contributed by atoms with Crippen LogP contribution in [0.5, 0.6) is 0 Å². The van der Waals surface area contributed by atoms with Crippen molar-refractivity contribution in [1.82, 2.24) is 15.5 Å². The third-order valence-electron chi connectivity index (χ3n) is 4.82. The number of benzene rings is 1. The predicted octanol–water partition coefficient (Wildman–Crippen LogP) is 1.74. The Morgan fingerprint density at radius 2 is 1.91 bits per heavy atom. The van der Waals surface area contributed by atoms with Crippen molar-refractivity contribution in [3.05, 3.63) is 34.9 Å². The Morgan fingerprint density at radius 3 is 2.59 bits per heavy atom. The number of nitrogens with one attached hydrogen (secondary N) is 2. The van der Waals surface area contributed by atoms with E-state index in [-0.39, 0.29) is 24.0 Å². The predicted molar refractivity (Wildman–Crippen MR) is 113 cm³/mol. The second-order valence-electron chi connectivity index (χ2n) is 8.54. The van der Waals surface area contributed by atoms with Gasteiger partial charge in [0, 0.05) is 24.9 Å². The van der Waals surface area contributed by atoms with E-state index in [9.17, 15) is 24.0 Å². The quantitative estimate of drug-likeness (QED) is 0.419. The molecule has 1 unspecified atom stereocenters. The van der Waals surface area contributed by atoms with Crippen LogP contribution in [-0.4, -0.2) is 52.8 Å². The van der Waals surface area contributed by atoms with Crippen molar-refractivity contribution >= 4 is 29.7 Å². The molecule has 0 bridgehead atoms. The van der Waals surface area contributed by atoms with Crippen molar-refractivity contribution in [2.75, 3.05) is 6.54 Å². The van der Waals surface area contributed by atoms with Crippen molar-refractivity contribution in [3.63, 3.8) is 0 Å². The van der Waals surface area contributed by atoms with Crippen LogP contribution in [0, 0.1) is 11.8 Å². The lowest BCUT2D eigenvalue weighted by molar-refractivity contribution is -0.136. The summed E-state index contributed by atoms with van der Waals surface area (Å²) in [6.07, 6.45) is 0.844. The van der Waals surface area contributed by atoms with E-state index in [2.05, 4.69) is 22.5 Å². The second-order valence-corrected chi connectivity index (χ2v) is 8.54. The van der Waals surface area contributed by atoms with Gasteiger partial charge in [-0.05, 0) is 51.8 Å². The highest BCUT2D eigenvalue weighted by atomic mass is 16.6. The Balaban J connectivity index is 1.58. The normalized spacial score (nSPS) is 18.0. The minimum absolute atomic E-state index is 0.0727. The molecule has 5 amide bonds. The summed E-state index contributed by atoms with van der Waals surface area (Å²) in [7, 11) is 0. The Labute approximate surface area is 185 Å². The van der Waals surface area contributed by atoms with Crippen LogP contribution < -0.4 is 10.6 Å². The summed E-state index contributed by atoms with van der Waals surface area (Å²) in [5, 5.41) is 4.82. The summed E-state index contributed by atoms with van der Waals surface area (Å²) in [5.74, 6) is 3.75. The first-order chi connectivity index (χ1) is 15.1. The summed E-state index contributed by atoms with van der Waals surface area (Å²) < 4.78 is 5.15. The van der Waals surface area contributed by atoms with E-state index in [0.29, 0.717) is 24.9 Å². The Bertz CT molecular complexity index is 1040. The van der Waals surface area contributed by atoms with Gasteiger partial charge >= 0.3 is 6.09 Å². The minimum Gasteiger partial charge on any atom is -0.444 e. The Hall–Kier alpha value is -3.67. The number of hydrogen-bond acceptors (Lipinski definition) is 6. The van der Waals surface area contributed by atoms with Gasteiger partial charge in [0.05, 0.1) is 11.1 Å². The molecule has 0 radical (unpaired) electrons. The molecule has 2 heterocycles. The van der Waals surface area contributed by atoms with Crippen molar-refractivity contribution < 1.29 is 28.7 Å². The van der Waals surface area contributed by atoms with Gasteiger partial charge in [-0.1, -0.05) is 11.8 Å². The molecule has 0 spiro atoms. The fraction of sp³-hybridized carbons (Fsp3) is 0.435. The molecule has 1 saturated heterocycles. The van der Waals surface area contributed by atoms with Crippen LogP contribution >= 0.6 is 0 Å². The maximum Gasteiger partial charge on any atom is 0.407 e. The number of rotatable bonds is 4.